The van der Waals surface area contributed by atoms with Gasteiger partial charge < -0.3 is 5.73 Å². The van der Waals surface area contributed by atoms with Gasteiger partial charge >= 0.3 is 0 Å². The van der Waals surface area contributed by atoms with E-state index in [1.807, 2.05) is 0 Å². The van der Waals surface area contributed by atoms with Crippen LogP contribution in [0.4, 0.5) is 0 Å². The molecular weight excluding hydrogens is 180 g/mol. The molecule has 2 unspecified atom stereocenters. The summed E-state index contributed by atoms with van der Waals surface area (Å²) < 4.78 is 0. The molecule has 0 spiro atoms. The third-order valence-electron chi connectivity index (χ3n) is 2.13. The molecular formula is C10H22N2S. The highest BCUT2D eigenvalue weighted by molar-refractivity contribution is 8.00. The second-order valence-corrected chi connectivity index (χ2v) is 6.82. The molecule has 0 aromatic carbocycles. The van der Waals surface area contributed by atoms with Gasteiger partial charge in [-0.05, 0) is 13.8 Å². The lowest BCUT2D eigenvalue weighted by Crippen LogP contribution is -2.50. The summed E-state index contributed by atoms with van der Waals surface area (Å²) >= 11 is 2.09. The monoisotopic (exact) mass is 202 g/mol. The molecule has 1 aliphatic heterocycles. The Morgan fingerprint density at radius 1 is 1.31 bits per heavy atom. The summed E-state index contributed by atoms with van der Waals surface area (Å²) in [7, 11) is 0. The molecule has 0 aromatic rings. The maximum Gasteiger partial charge on any atom is 0.0226 e. The lowest BCUT2D eigenvalue weighted by atomic mass is 10.1. The molecule has 2 atom stereocenters. The van der Waals surface area contributed by atoms with Crippen LogP contribution in [-0.2, 0) is 0 Å². The van der Waals surface area contributed by atoms with Gasteiger partial charge in [0.2, 0.25) is 0 Å². The van der Waals surface area contributed by atoms with E-state index in [1.54, 1.807) is 0 Å². The van der Waals surface area contributed by atoms with E-state index < -0.39 is 0 Å². The van der Waals surface area contributed by atoms with Gasteiger partial charge in [-0.15, -0.1) is 0 Å². The van der Waals surface area contributed by atoms with Crippen molar-refractivity contribution in [2.75, 3.05) is 19.6 Å². The Labute approximate surface area is 86.2 Å². The topological polar surface area (TPSA) is 29.3 Å². The normalized spacial score (nSPS) is 32.1. The zero-order valence-electron chi connectivity index (χ0n) is 9.21. The summed E-state index contributed by atoms with van der Waals surface area (Å²) in [6.07, 6.45) is 0. The fourth-order valence-electron chi connectivity index (χ4n) is 1.99. The lowest BCUT2D eigenvalue weighted by Gasteiger charge is -2.37. The first-order valence-electron chi connectivity index (χ1n) is 5.03. The van der Waals surface area contributed by atoms with E-state index in [0.29, 0.717) is 0 Å². The van der Waals surface area contributed by atoms with E-state index in [1.165, 1.54) is 13.1 Å². The van der Waals surface area contributed by atoms with Gasteiger partial charge in [0.25, 0.3) is 0 Å². The highest BCUT2D eigenvalue weighted by Gasteiger charge is 2.25. The Hall–Kier alpha value is 0.270. The van der Waals surface area contributed by atoms with Crippen LogP contribution in [0.25, 0.3) is 0 Å². The highest BCUT2D eigenvalue weighted by Crippen LogP contribution is 2.25. The minimum absolute atomic E-state index is 0.0541. The lowest BCUT2D eigenvalue weighted by molar-refractivity contribution is 0.223. The smallest absolute Gasteiger partial charge is 0.0226 e. The number of rotatable bonds is 2. The van der Waals surface area contributed by atoms with E-state index in [2.05, 4.69) is 44.4 Å². The van der Waals surface area contributed by atoms with Crippen molar-refractivity contribution >= 4 is 11.8 Å². The molecule has 0 radical (unpaired) electrons. The zero-order valence-corrected chi connectivity index (χ0v) is 10.0. The zero-order chi connectivity index (χ0) is 10.1. The van der Waals surface area contributed by atoms with Crippen molar-refractivity contribution in [3.8, 4) is 0 Å². The standard InChI is InChI=1S/C10H22N2S/c1-8-5-12(6-9(2)13-8)7-10(3,4)11/h8-9H,5-7,11H2,1-4H3. The van der Waals surface area contributed by atoms with Crippen LogP contribution < -0.4 is 5.73 Å². The second kappa shape index (κ2) is 4.20. The molecule has 0 bridgehead atoms. The van der Waals surface area contributed by atoms with Gasteiger partial charge in [0.1, 0.15) is 0 Å². The summed E-state index contributed by atoms with van der Waals surface area (Å²) in [4.78, 5) is 2.49. The number of hydrogen-bond donors (Lipinski definition) is 1. The summed E-state index contributed by atoms with van der Waals surface area (Å²) in [5.74, 6) is 0. The Balaban J connectivity index is 2.42. The maximum absolute atomic E-state index is 6.01. The predicted molar refractivity (Wildman–Crippen MR) is 61.2 cm³/mol. The average Bonchev–Trinajstić information content (AvgIpc) is 1.78. The Kier molecular flexibility index (Phi) is 3.66. The molecule has 1 heterocycles. The largest absolute Gasteiger partial charge is 0.324 e. The SMILES string of the molecule is CC1CN(CC(C)(C)N)CC(C)S1. The molecule has 0 saturated carbocycles. The first kappa shape index (κ1) is 11.3. The summed E-state index contributed by atoms with van der Waals surface area (Å²) in [5.41, 5.74) is 5.95. The van der Waals surface area contributed by atoms with Crippen LogP contribution in [-0.4, -0.2) is 40.6 Å². The quantitative estimate of drug-likeness (QED) is 0.736. The van der Waals surface area contributed by atoms with Gasteiger partial charge in [-0.25, -0.2) is 0 Å². The maximum atomic E-state index is 6.01. The number of thioether (sulfide) groups is 1. The molecule has 13 heavy (non-hydrogen) atoms. The summed E-state index contributed by atoms with van der Waals surface area (Å²) in [6.45, 7) is 12.2. The average molecular weight is 202 g/mol. The van der Waals surface area contributed by atoms with Gasteiger partial charge in [0, 0.05) is 35.7 Å². The summed E-state index contributed by atoms with van der Waals surface area (Å²) in [5, 5.41) is 1.51. The van der Waals surface area contributed by atoms with Crippen molar-refractivity contribution in [1.29, 1.82) is 0 Å². The first-order valence-corrected chi connectivity index (χ1v) is 5.98. The molecule has 78 valence electrons. The van der Waals surface area contributed by atoms with E-state index in [9.17, 15) is 0 Å². The first-order chi connectivity index (χ1) is 5.87. The van der Waals surface area contributed by atoms with E-state index in [0.717, 1.165) is 17.0 Å². The van der Waals surface area contributed by atoms with Crippen LogP contribution >= 0.6 is 11.8 Å². The Bertz CT molecular complexity index is 155. The number of nitrogens with two attached hydrogens (primary N) is 1. The van der Waals surface area contributed by atoms with Crippen LogP contribution in [0.5, 0.6) is 0 Å². The van der Waals surface area contributed by atoms with Crippen LogP contribution in [0, 0.1) is 0 Å². The van der Waals surface area contributed by atoms with Crippen molar-refractivity contribution in [1.82, 2.24) is 4.90 Å². The van der Waals surface area contributed by atoms with Crippen LogP contribution in [0.3, 0.4) is 0 Å². The predicted octanol–water partition coefficient (Wildman–Crippen LogP) is 1.55. The fourth-order valence-corrected chi connectivity index (χ4v) is 3.38. The van der Waals surface area contributed by atoms with Crippen LogP contribution in [0.15, 0.2) is 0 Å². The van der Waals surface area contributed by atoms with Gasteiger partial charge in [0.05, 0.1) is 0 Å². The number of hydrogen-bond acceptors (Lipinski definition) is 3. The van der Waals surface area contributed by atoms with Crippen molar-refractivity contribution in [3.05, 3.63) is 0 Å². The minimum atomic E-state index is -0.0541. The molecule has 2 nitrogen and oxygen atoms in total. The Morgan fingerprint density at radius 2 is 1.77 bits per heavy atom. The van der Waals surface area contributed by atoms with Crippen molar-refractivity contribution < 1.29 is 0 Å². The van der Waals surface area contributed by atoms with E-state index >= 15 is 0 Å². The van der Waals surface area contributed by atoms with Gasteiger partial charge in [-0.2, -0.15) is 11.8 Å². The van der Waals surface area contributed by atoms with E-state index in [-0.39, 0.29) is 5.54 Å². The molecule has 2 N–H and O–H groups in total. The van der Waals surface area contributed by atoms with Crippen molar-refractivity contribution in [2.24, 2.45) is 5.73 Å². The highest BCUT2D eigenvalue weighted by atomic mass is 32.2. The molecule has 1 rings (SSSR count). The number of nitrogens with zero attached hydrogens (tertiary/aromatic N) is 1. The molecule has 3 heteroatoms. The van der Waals surface area contributed by atoms with Gasteiger partial charge in [-0.3, -0.25) is 4.90 Å². The van der Waals surface area contributed by atoms with Crippen molar-refractivity contribution in [3.63, 3.8) is 0 Å². The summed E-state index contributed by atoms with van der Waals surface area (Å²) in [6, 6.07) is 0. The van der Waals surface area contributed by atoms with Gasteiger partial charge in [0.15, 0.2) is 0 Å². The van der Waals surface area contributed by atoms with Gasteiger partial charge in [-0.1, -0.05) is 13.8 Å². The molecule has 1 saturated heterocycles. The van der Waals surface area contributed by atoms with Crippen molar-refractivity contribution in [2.45, 2.75) is 43.7 Å². The second-order valence-electron chi connectivity index (χ2n) is 4.94. The molecule has 0 amide bonds. The third kappa shape index (κ3) is 4.34. The Morgan fingerprint density at radius 3 is 2.15 bits per heavy atom. The molecule has 0 aliphatic carbocycles. The third-order valence-corrected chi connectivity index (χ3v) is 3.35. The molecule has 0 aromatic heterocycles. The molecule has 1 aliphatic rings. The minimum Gasteiger partial charge on any atom is -0.324 e. The van der Waals surface area contributed by atoms with E-state index in [4.69, 9.17) is 5.73 Å². The fraction of sp³-hybridized carbons (Fsp3) is 1.00. The van der Waals surface area contributed by atoms with Crippen LogP contribution in [0.2, 0.25) is 0 Å². The van der Waals surface area contributed by atoms with Crippen LogP contribution in [0.1, 0.15) is 27.7 Å². The molecule has 1 fully saturated rings.